The SMILES string of the molecule is CCCCCN(CC(=O)Nc1c(C(C)C)cccc1C(C)C)Cc1ccc(-c2ccccc2-c2nn[nH]n2)cc1. The number of para-hydroxylation sites is 1. The topological polar surface area (TPSA) is 86.8 Å². The maximum Gasteiger partial charge on any atom is 0.238 e. The quantitative estimate of drug-likeness (QED) is 0.173. The Morgan fingerprint density at radius 3 is 2.15 bits per heavy atom. The Hall–Kier alpha value is -3.84. The number of carbonyl (C=O) groups excluding carboxylic acids is 1. The summed E-state index contributed by atoms with van der Waals surface area (Å²) in [6.07, 6.45) is 3.37. The molecule has 4 aromatic rings. The van der Waals surface area contributed by atoms with Gasteiger partial charge >= 0.3 is 0 Å². The third-order valence-corrected chi connectivity index (χ3v) is 7.27. The smallest absolute Gasteiger partial charge is 0.238 e. The highest BCUT2D eigenvalue weighted by Gasteiger charge is 2.18. The van der Waals surface area contributed by atoms with Gasteiger partial charge in [-0.05, 0) is 57.8 Å². The summed E-state index contributed by atoms with van der Waals surface area (Å²) in [7, 11) is 0. The molecule has 0 saturated heterocycles. The molecule has 0 unspecified atom stereocenters. The summed E-state index contributed by atoms with van der Waals surface area (Å²) in [6, 6.07) is 23.0. The summed E-state index contributed by atoms with van der Waals surface area (Å²) in [5, 5.41) is 17.9. The molecule has 0 bridgehead atoms. The van der Waals surface area contributed by atoms with Gasteiger partial charge < -0.3 is 5.32 Å². The Balaban J connectivity index is 1.50. The molecule has 0 aliphatic carbocycles. The highest BCUT2D eigenvalue weighted by molar-refractivity contribution is 5.94. The van der Waals surface area contributed by atoms with Gasteiger partial charge in [-0.25, -0.2) is 0 Å². The van der Waals surface area contributed by atoms with Crippen molar-refractivity contribution in [3.63, 3.8) is 0 Å². The number of benzene rings is 3. The summed E-state index contributed by atoms with van der Waals surface area (Å²) in [5.74, 6) is 1.28. The lowest BCUT2D eigenvalue weighted by Crippen LogP contribution is -2.34. The number of amides is 1. The number of tetrazole rings is 1. The van der Waals surface area contributed by atoms with Crippen molar-refractivity contribution in [2.45, 2.75) is 72.3 Å². The predicted octanol–water partition coefficient (Wildman–Crippen LogP) is 7.41. The van der Waals surface area contributed by atoms with Gasteiger partial charge in [-0.3, -0.25) is 9.69 Å². The molecule has 0 spiro atoms. The van der Waals surface area contributed by atoms with Crippen LogP contribution in [-0.2, 0) is 11.3 Å². The van der Waals surface area contributed by atoms with Crippen molar-refractivity contribution < 1.29 is 4.79 Å². The van der Waals surface area contributed by atoms with Crippen LogP contribution >= 0.6 is 0 Å². The number of hydrogen-bond donors (Lipinski definition) is 2. The van der Waals surface area contributed by atoms with Crippen molar-refractivity contribution in [2.24, 2.45) is 0 Å². The average molecular weight is 539 g/mol. The Morgan fingerprint density at radius 1 is 0.875 bits per heavy atom. The molecule has 0 saturated carbocycles. The zero-order valence-electron chi connectivity index (χ0n) is 24.4. The standard InChI is InChI=1S/C33H42N6O/c1-6-7-10-20-39(22-31(40)34-32-27(23(2)3)14-11-15-28(32)24(4)5)21-25-16-18-26(19-17-25)29-12-8-9-13-30(29)33-35-37-38-36-33/h8-9,11-19,23-24H,6-7,10,20-22H2,1-5H3,(H,34,40)(H,35,36,37,38). The van der Waals surface area contributed by atoms with E-state index >= 15 is 0 Å². The van der Waals surface area contributed by atoms with Crippen molar-refractivity contribution in [1.82, 2.24) is 25.5 Å². The van der Waals surface area contributed by atoms with Crippen molar-refractivity contribution in [1.29, 1.82) is 0 Å². The summed E-state index contributed by atoms with van der Waals surface area (Å²) in [4.78, 5) is 15.7. The summed E-state index contributed by atoms with van der Waals surface area (Å²) in [6.45, 7) is 12.9. The number of aromatic nitrogens is 4. The summed E-state index contributed by atoms with van der Waals surface area (Å²) < 4.78 is 0. The number of unbranched alkanes of at least 4 members (excludes halogenated alkanes) is 2. The van der Waals surface area contributed by atoms with Crippen LogP contribution in [0.3, 0.4) is 0 Å². The number of H-pyrrole nitrogens is 1. The Kier molecular flexibility index (Phi) is 10.2. The van der Waals surface area contributed by atoms with Crippen molar-refractivity contribution in [3.05, 3.63) is 83.4 Å². The molecule has 7 heteroatoms. The third kappa shape index (κ3) is 7.42. The fourth-order valence-corrected chi connectivity index (χ4v) is 5.13. The number of nitrogens with one attached hydrogen (secondary N) is 2. The molecule has 7 nitrogen and oxygen atoms in total. The van der Waals surface area contributed by atoms with Crippen LogP contribution in [-0.4, -0.2) is 44.5 Å². The van der Waals surface area contributed by atoms with Gasteiger partial charge in [-0.1, -0.05) is 114 Å². The first-order chi connectivity index (χ1) is 19.4. The molecule has 0 aliphatic heterocycles. The molecule has 3 aromatic carbocycles. The minimum atomic E-state index is 0.0390. The molecule has 1 amide bonds. The van der Waals surface area contributed by atoms with Gasteiger partial charge in [0, 0.05) is 17.8 Å². The Labute approximate surface area is 238 Å². The second-order valence-electron chi connectivity index (χ2n) is 11.1. The maximum atomic E-state index is 13.4. The molecule has 40 heavy (non-hydrogen) atoms. The molecule has 0 atom stereocenters. The molecule has 0 radical (unpaired) electrons. The predicted molar refractivity (Wildman–Crippen MR) is 163 cm³/mol. The normalized spacial score (nSPS) is 11.5. The second kappa shape index (κ2) is 14.0. The molecule has 1 aromatic heterocycles. The first-order valence-corrected chi connectivity index (χ1v) is 14.4. The van der Waals surface area contributed by atoms with Crippen LogP contribution in [0.4, 0.5) is 5.69 Å². The maximum absolute atomic E-state index is 13.4. The minimum Gasteiger partial charge on any atom is -0.324 e. The minimum absolute atomic E-state index is 0.0390. The number of anilines is 1. The van der Waals surface area contributed by atoms with Gasteiger partial charge in [0.2, 0.25) is 11.7 Å². The Bertz CT molecular complexity index is 1340. The van der Waals surface area contributed by atoms with Crippen LogP contribution in [0.25, 0.3) is 22.5 Å². The lowest BCUT2D eigenvalue weighted by molar-refractivity contribution is -0.117. The molecule has 210 valence electrons. The van der Waals surface area contributed by atoms with Gasteiger partial charge in [0.1, 0.15) is 0 Å². The molecule has 0 aliphatic rings. The van der Waals surface area contributed by atoms with Crippen molar-refractivity contribution in [3.8, 4) is 22.5 Å². The fourth-order valence-electron chi connectivity index (χ4n) is 5.13. The zero-order chi connectivity index (χ0) is 28.5. The molecule has 4 rings (SSSR count). The fraction of sp³-hybridized carbons (Fsp3) is 0.394. The first-order valence-electron chi connectivity index (χ1n) is 14.4. The largest absolute Gasteiger partial charge is 0.324 e. The molecule has 2 N–H and O–H groups in total. The van der Waals surface area contributed by atoms with Gasteiger partial charge in [0.25, 0.3) is 0 Å². The lowest BCUT2D eigenvalue weighted by Gasteiger charge is -2.24. The van der Waals surface area contributed by atoms with E-state index in [-0.39, 0.29) is 5.91 Å². The molecule has 1 heterocycles. The van der Waals surface area contributed by atoms with Crippen LogP contribution in [0, 0.1) is 0 Å². The van der Waals surface area contributed by atoms with E-state index in [9.17, 15) is 4.79 Å². The van der Waals surface area contributed by atoms with E-state index in [1.165, 1.54) is 16.7 Å². The van der Waals surface area contributed by atoms with E-state index in [0.29, 0.717) is 30.7 Å². The van der Waals surface area contributed by atoms with Crippen molar-refractivity contribution in [2.75, 3.05) is 18.4 Å². The lowest BCUT2D eigenvalue weighted by atomic mass is 9.92. The van der Waals surface area contributed by atoms with Gasteiger partial charge in [-0.15, -0.1) is 10.2 Å². The van der Waals surface area contributed by atoms with E-state index in [1.807, 2.05) is 18.2 Å². The monoisotopic (exact) mass is 538 g/mol. The number of rotatable bonds is 13. The van der Waals surface area contributed by atoms with E-state index in [0.717, 1.165) is 48.2 Å². The third-order valence-electron chi connectivity index (χ3n) is 7.27. The van der Waals surface area contributed by atoms with Gasteiger partial charge in [0.15, 0.2) is 0 Å². The molecular formula is C33H42N6O. The van der Waals surface area contributed by atoms with Crippen LogP contribution in [0.15, 0.2) is 66.7 Å². The summed E-state index contributed by atoms with van der Waals surface area (Å²) >= 11 is 0. The first kappa shape index (κ1) is 29.2. The highest BCUT2D eigenvalue weighted by Crippen LogP contribution is 2.33. The summed E-state index contributed by atoms with van der Waals surface area (Å²) in [5.41, 5.74) is 7.61. The number of nitrogens with zero attached hydrogens (tertiary/aromatic N) is 4. The van der Waals surface area contributed by atoms with Gasteiger partial charge in [0.05, 0.1) is 6.54 Å². The van der Waals surface area contributed by atoms with Crippen LogP contribution in [0.1, 0.15) is 82.4 Å². The van der Waals surface area contributed by atoms with E-state index in [2.05, 4.69) is 114 Å². The van der Waals surface area contributed by atoms with Crippen LogP contribution < -0.4 is 5.32 Å². The van der Waals surface area contributed by atoms with E-state index < -0.39 is 0 Å². The zero-order valence-corrected chi connectivity index (χ0v) is 24.4. The number of hydrogen-bond acceptors (Lipinski definition) is 5. The van der Waals surface area contributed by atoms with Gasteiger partial charge in [-0.2, -0.15) is 5.21 Å². The van der Waals surface area contributed by atoms with Crippen LogP contribution in [0.5, 0.6) is 0 Å². The average Bonchev–Trinajstić information content (AvgIpc) is 3.48. The Morgan fingerprint density at radius 2 is 1.55 bits per heavy atom. The van der Waals surface area contributed by atoms with Crippen molar-refractivity contribution >= 4 is 11.6 Å². The van der Waals surface area contributed by atoms with E-state index in [4.69, 9.17) is 0 Å². The highest BCUT2D eigenvalue weighted by atomic mass is 16.2. The molecular weight excluding hydrogens is 496 g/mol. The molecule has 0 fully saturated rings. The number of aromatic amines is 1. The van der Waals surface area contributed by atoms with Crippen LogP contribution in [0.2, 0.25) is 0 Å². The second-order valence-corrected chi connectivity index (χ2v) is 11.1. The van der Waals surface area contributed by atoms with E-state index in [1.54, 1.807) is 0 Å². The number of carbonyl (C=O) groups is 1.